The van der Waals surface area contributed by atoms with Crippen LogP contribution in [0.2, 0.25) is 0 Å². The summed E-state index contributed by atoms with van der Waals surface area (Å²) < 4.78 is 0. The number of carbonyl (C=O) groups is 1. The zero-order chi connectivity index (χ0) is 9.26. The maximum Gasteiger partial charge on any atom is 0.306 e. The van der Waals surface area contributed by atoms with Crippen molar-refractivity contribution >= 4 is 5.97 Å². The summed E-state index contributed by atoms with van der Waals surface area (Å²) in [6.07, 6.45) is 1.71. The lowest BCUT2D eigenvalue weighted by atomic mass is 9.79. The molecule has 0 unspecified atom stereocenters. The van der Waals surface area contributed by atoms with E-state index in [1.165, 1.54) is 0 Å². The van der Waals surface area contributed by atoms with E-state index in [1.807, 2.05) is 0 Å². The molecular weight excluding hydrogens is 168 g/mol. The normalized spacial score (nSPS) is 35.4. The molecule has 1 aliphatic carbocycles. The number of nitrogens with zero attached hydrogens (tertiary/aromatic N) is 1. The first-order valence-electron chi connectivity index (χ1n) is 4.95. The molecule has 1 aliphatic heterocycles. The molecule has 1 saturated carbocycles. The highest BCUT2D eigenvalue weighted by molar-refractivity contribution is 5.71. The number of carboxylic acid groups (broad SMARTS) is 1. The monoisotopic (exact) mass is 184 g/mol. The van der Waals surface area contributed by atoms with Crippen molar-refractivity contribution in [2.45, 2.75) is 18.9 Å². The zero-order valence-electron chi connectivity index (χ0n) is 7.70. The fraction of sp³-hybridized carbons (Fsp3) is 0.889. The van der Waals surface area contributed by atoms with Gasteiger partial charge in [0.25, 0.3) is 0 Å². The lowest BCUT2D eigenvalue weighted by Gasteiger charge is -2.43. The van der Waals surface area contributed by atoms with Crippen molar-refractivity contribution < 1.29 is 9.90 Å². The molecule has 0 amide bonds. The number of piperazine rings is 1. The Labute approximate surface area is 77.9 Å². The zero-order valence-corrected chi connectivity index (χ0v) is 7.70. The van der Waals surface area contributed by atoms with Crippen LogP contribution >= 0.6 is 0 Å². The molecule has 0 radical (unpaired) electrons. The van der Waals surface area contributed by atoms with E-state index in [0.29, 0.717) is 6.04 Å². The summed E-state index contributed by atoms with van der Waals surface area (Å²) in [5.74, 6) is -0.689. The minimum atomic E-state index is -0.619. The van der Waals surface area contributed by atoms with Crippen LogP contribution in [0.15, 0.2) is 0 Å². The van der Waals surface area contributed by atoms with Crippen molar-refractivity contribution in [3.8, 4) is 0 Å². The van der Waals surface area contributed by atoms with Gasteiger partial charge in [-0.25, -0.2) is 0 Å². The summed E-state index contributed by atoms with van der Waals surface area (Å²) in [6, 6.07) is 0.545. The third-order valence-corrected chi connectivity index (χ3v) is 3.13. The van der Waals surface area contributed by atoms with E-state index < -0.39 is 5.97 Å². The minimum Gasteiger partial charge on any atom is -0.481 e. The van der Waals surface area contributed by atoms with Crippen molar-refractivity contribution in [2.75, 3.05) is 26.2 Å². The Bertz CT molecular complexity index is 196. The average molecular weight is 184 g/mol. The number of hydrogen-bond acceptors (Lipinski definition) is 3. The number of rotatable bonds is 2. The van der Waals surface area contributed by atoms with Crippen molar-refractivity contribution in [1.29, 1.82) is 0 Å². The number of hydrogen-bond donors (Lipinski definition) is 2. The minimum absolute atomic E-state index is 0.0696. The van der Waals surface area contributed by atoms with Gasteiger partial charge in [0.2, 0.25) is 0 Å². The first-order chi connectivity index (χ1) is 6.27. The smallest absolute Gasteiger partial charge is 0.306 e. The summed E-state index contributed by atoms with van der Waals surface area (Å²) in [5.41, 5.74) is 0. The van der Waals surface area contributed by atoms with Crippen molar-refractivity contribution in [2.24, 2.45) is 5.92 Å². The summed E-state index contributed by atoms with van der Waals surface area (Å²) in [7, 11) is 0. The van der Waals surface area contributed by atoms with E-state index in [2.05, 4.69) is 10.2 Å². The Morgan fingerprint density at radius 1 is 1.31 bits per heavy atom. The highest BCUT2D eigenvalue weighted by Crippen LogP contribution is 2.31. The summed E-state index contributed by atoms with van der Waals surface area (Å²) >= 11 is 0. The molecule has 0 aromatic carbocycles. The highest BCUT2D eigenvalue weighted by atomic mass is 16.4. The van der Waals surface area contributed by atoms with Gasteiger partial charge in [0.15, 0.2) is 0 Å². The second-order valence-electron chi connectivity index (χ2n) is 3.95. The van der Waals surface area contributed by atoms with Crippen LogP contribution in [0.25, 0.3) is 0 Å². The number of aliphatic carboxylic acids is 1. The lowest BCUT2D eigenvalue weighted by Crippen LogP contribution is -2.53. The first-order valence-corrected chi connectivity index (χ1v) is 4.95. The summed E-state index contributed by atoms with van der Waals surface area (Å²) in [6.45, 7) is 4.26. The fourth-order valence-electron chi connectivity index (χ4n) is 2.13. The summed E-state index contributed by atoms with van der Waals surface area (Å²) in [5, 5.41) is 12.0. The van der Waals surface area contributed by atoms with Gasteiger partial charge in [-0.3, -0.25) is 9.69 Å². The molecular formula is C9H16N2O2. The molecule has 0 spiro atoms. The molecule has 74 valence electrons. The molecule has 0 bridgehead atoms. The molecule has 4 nitrogen and oxygen atoms in total. The maximum absolute atomic E-state index is 10.6. The van der Waals surface area contributed by atoms with Crippen molar-refractivity contribution in [1.82, 2.24) is 10.2 Å². The van der Waals surface area contributed by atoms with Gasteiger partial charge in [0, 0.05) is 32.2 Å². The van der Waals surface area contributed by atoms with Gasteiger partial charge in [-0.05, 0) is 12.8 Å². The van der Waals surface area contributed by atoms with Gasteiger partial charge >= 0.3 is 5.97 Å². The van der Waals surface area contributed by atoms with Crippen LogP contribution in [0.1, 0.15) is 12.8 Å². The predicted octanol–water partition coefficient (Wildman–Crippen LogP) is -0.245. The Kier molecular flexibility index (Phi) is 2.51. The van der Waals surface area contributed by atoms with Gasteiger partial charge in [-0.2, -0.15) is 0 Å². The van der Waals surface area contributed by atoms with Crippen LogP contribution in [0.4, 0.5) is 0 Å². The second-order valence-corrected chi connectivity index (χ2v) is 3.95. The second kappa shape index (κ2) is 3.64. The molecule has 2 N–H and O–H groups in total. The molecule has 2 rings (SSSR count). The average Bonchev–Trinajstić information content (AvgIpc) is 2.02. The third kappa shape index (κ3) is 1.84. The lowest BCUT2D eigenvalue weighted by molar-refractivity contribution is -0.147. The van der Waals surface area contributed by atoms with E-state index >= 15 is 0 Å². The molecule has 1 heterocycles. The van der Waals surface area contributed by atoms with Crippen molar-refractivity contribution in [3.05, 3.63) is 0 Å². The van der Waals surface area contributed by atoms with Crippen LogP contribution in [0.3, 0.4) is 0 Å². The topological polar surface area (TPSA) is 52.6 Å². The highest BCUT2D eigenvalue weighted by Gasteiger charge is 2.37. The van der Waals surface area contributed by atoms with Gasteiger partial charge in [-0.1, -0.05) is 0 Å². The largest absolute Gasteiger partial charge is 0.481 e. The molecule has 0 aromatic heterocycles. The Hall–Kier alpha value is -0.610. The Morgan fingerprint density at radius 3 is 2.46 bits per heavy atom. The summed E-state index contributed by atoms with van der Waals surface area (Å²) in [4.78, 5) is 13.0. The van der Waals surface area contributed by atoms with Crippen LogP contribution in [-0.4, -0.2) is 48.2 Å². The standard InChI is InChI=1S/C9H16N2O2/c12-9(13)7-5-8(6-7)11-3-1-10-2-4-11/h7-8,10H,1-6H2,(H,12,13). The van der Waals surface area contributed by atoms with Crippen LogP contribution in [-0.2, 0) is 4.79 Å². The van der Waals surface area contributed by atoms with Gasteiger partial charge in [0.1, 0.15) is 0 Å². The van der Waals surface area contributed by atoms with Crippen LogP contribution in [0, 0.1) is 5.92 Å². The molecule has 13 heavy (non-hydrogen) atoms. The number of carboxylic acids is 1. The van der Waals surface area contributed by atoms with E-state index in [1.54, 1.807) is 0 Å². The van der Waals surface area contributed by atoms with E-state index in [4.69, 9.17) is 5.11 Å². The van der Waals surface area contributed by atoms with Gasteiger partial charge < -0.3 is 10.4 Å². The predicted molar refractivity (Wildman–Crippen MR) is 48.6 cm³/mol. The van der Waals surface area contributed by atoms with E-state index in [9.17, 15) is 4.79 Å². The molecule has 2 fully saturated rings. The molecule has 2 aliphatic rings. The van der Waals surface area contributed by atoms with Crippen molar-refractivity contribution in [3.63, 3.8) is 0 Å². The van der Waals surface area contributed by atoms with Crippen LogP contribution < -0.4 is 5.32 Å². The first kappa shape index (κ1) is 8.97. The molecule has 1 saturated heterocycles. The molecule has 0 aromatic rings. The third-order valence-electron chi connectivity index (χ3n) is 3.13. The molecule has 0 atom stereocenters. The number of nitrogens with one attached hydrogen (secondary N) is 1. The van der Waals surface area contributed by atoms with E-state index in [-0.39, 0.29) is 5.92 Å². The maximum atomic E-state index is 10.6. The van der Waals surface area contributed by atoms with Crippen LogP contribution in [0.5, 0.6) is 0 Å². The van der Waals surface area contributed by atoms with E-state index in [0.717, 1.165) is 39.0 Å². The Morgan fingerprint density at radius 2 is 1.92 bits per heavy atom. The fourth-order valence-corrected chi connectivity index (χ4v) is 2.13. The van der Waals surface area contributed by atoms with Gasteiger partial charge in [-0.15, -0.1) is 0 Å². The van der Waals surface area contributed by atoms with Gasteiger partial charge in [0.05, 0.1) is 5.92 Å². The Balaban J connectivity index is 1.75. The quantitative estimate of drug-likeness (QED) is 0.621. The molecule has 4 heteroatoms. The SMILES string of the molecule is O=C(O)C1CC(N2CCNCC2)C1.